The predicted molar refractivity (Wildman–Crippen MR) is 179 cm³/mol. The van der Waals surface area contributed by atoms with Crippen LogP contribution in [0.25, 0.3) is 10.9 Å². The molecule has 17 nitrogen and oxygen atoms in total. The van der Waals surface area contributed by atoms with Crippen LogP contribution in [0.2, 0.25) is 0 Å². The normalized spacial score (nSPS) is 14.1. The van der Waals surface area contributed by atoms with Crippen molar-refractivity contribution < 1.29 is 24.0 Å². The van der Waals surface area contributed by atoms with Gasteiger partial charge >= 0.3 is 0 Å². The monoisotopic (exact) mass is 660 g/mol. The van der Waals surface area contributed by atoms with E-state index in [1.165, 1.54) is 0 Å². The Morgan fingerprint density at radius 1 is 0.787 bits per heavy atom. The number of nitrogens with one attached hydrogen (secondary N) is 7. The molecule has 0 spiro atoms. The Hall–Kier alpha value is -3.65. The van der Waals surface area contributed by atoms with Crippen molar-refractivity contribution in [3.8, 4) is 0 Å². The summed E-state index contributed by atoms with van der Waals surface area (Å²) in [7, 11) is 0. The van der Waals surface area contributed by atoms with Gasteiger partial charge in [0.15, 0.2) is 5.78 Å². The summed E-state index contributed by atoms with van der Waals surface area (Å²) in [6.45, 7) is 3.73. The molecule has 2 rings (SSSR count). The van der Waals surface area contributed by atoms with Crippen LogP contribution in [0.1, 0.15) is 45.1 Å². The number of fused-ring (bicyclic) bond motifs is 1. The fourth-order valence-electron chi connectivity index (χ4n) is 4.72. The molecular formula is C30H52N12O5. The topological polar surface area (TPSA) is 303 Å². The lowest BCUT2D eigenvalue weighted by molar-refractivity contribution is -0.138. The molecule has 0 fully saturated rings. The summed E-state index contributed by atoms with van der Waals surface area (Å²) >= 11 is 0. The summed E-state index contributed by atoms with van der Waals surface area (Å²) in [5.74, 6) is -2.51. The van der Waals surface area contributed by atoms with Gasteiger partial charge in [-0.25, -0.2) is 0 Å². The van der Waals surface area contributed by atoms with E-state index < -0.39 is 54.2 Å². The Bertz CT molecular complexity index is 1320. The Morgan fingerprint density at radius 3 is 2.09 bits per heavy atom. The third-order valence-electron chi connectivity index (χ3n) is 7.49. The zero-order valence-corrected chi connectivity index (χ0v) is 27.1. The smallest absolute Gasteiger partial charge is 0.243 e. The van der Waals surface area contributed by atoms with Crippen molar-refractivity contribution in [3.05, 3.63) is 36.0 Å². The van der Waals surface area contributed by atoms with E-state index in [0.717, 1.165) is 16.5 Å². The maximum absolute atomic E-state index is 13.0. The highest BCUT2D eigenvalue weighted by Crippen LogP contribution is 2.18. The first kappa shape index (κ1) is 39.5. The van der Waals surface area contributed by atoms with Crippen molar-refractivity contribution >= 4 is 40.1 Å². The Morgan fingerprint density at radius 2 is 1.43 bits per heavy atom. The number of H-pyrrole nitrogens is 1. The molecule has 1 aromatic heterocycles. The van der Waals surface area contributed by atoms with E-state index in [0.29, 0.717) is 25.9 Å². The molecule has 0 saturated carbocycles. The van der Waals surface area contributed by atoms with E-state index in [2.05, 4.69) is 36.9 Å². The zero-order chi connectivity index (χ0) is 34.9. The van der Waals surface area contributed by atoms with Crippen molar-refractivity contribution in [2.75, 3.05) is 26.3 Å². The van der Waals surface area contributed by atoms with Gasteiger partial charge in [-0.15, -0.1) is 0 Å². The van der Waals surface area contributed by atoms with Crippen molar-refractivity contribution in [2.45, 2.75) is 82.7 Å². The van der Waals surface area contributed by atoms with Crippen molar-refractivity contribution in [1.29, 1.82) is 0 Å². The number of hydrogen-bond donors (Lipinski definition) is 12. The van der Waals surface area contributed by atoms with Crippen LogP contribution in [0.5, 0.6) is 0 Å². The lowest BCUT2D eigenvalue weighted by Gasteiger charge is -2.21. The summed E-state index contributed by atoms with van der Waals surface area (Å²) in [5.41, 5.74) is 29.6. The molecule has 17 N–H and O–H groups in total. The van der Waals surface area contributed by atoms with Crippen LogP contribution in [-0.4, -0.2) is 97.2 Å². The van der Waals surface area contributed by atoms with Gasteiger partial charge in [0.25, 0.3) is 0 Å². The summed E-state index contributed by atoms with van der Waals surface area (Å²) in [6.07, 6.45) is 1.85. The number of benzene rings is 1. The van der Waals surface area contributed by atoms with E-state index in [4.69, 9.17) is 28.7 Å². The van der Waals surface area contributed by atoms with Crippen LogP contribution in [-0.2, 0) is 30.4 Å². The number of rotatable bonds is 24. The van der Waals surface area contributed by atoms with Crippen LogP contribution in [0.4, 0.5) is 0 Å². The van der Waals surface area contributed by atoms with Gasteiger partial charge in [0.1, 0.15) is 18.6 Å². The van der Waals surface area contributed by atoms with Crippen molar-refractivity contribution in [3.63, 3.8) is 0 Å². The number of nitrogens with two attached hydrogens (primary N) is 5. The van der Waals surface area contributed by atoms with Gasteiger partial charge in [-0.05, 0) is 64.3 Å². The van der Waals surface area contributed by atoms with E-state index in [1.807, 2.05) is 24.3 Å². The minimum absolute atomic E-state index is 0.0426. The summed E-state index contributed by atoms with van der Waals surface area (Å²) in [6, 6.07) is 4.14. The van der Waals surface area contributed by atoms with Gasteiger partial charge in [-0.3, -0.25) is 39.9 Å². The molecular weight excluding hydrogens is 608 g/mol. The molecule has 0 bridgehead atoms. The molecule has 0 radical (unpaired) electrons. The van der Waals surface area contributed by atoms with Gasteiger partial charge in [0, 0.05) is 17.1 Å². The molecule has 2 amide bonds. The number of para-hydroxylation sites is 1. The highest BCUT2D eigenvalue weighted by molar-refractivity contribution is 6.41. The average Bonchev–Trinajstić information content (AvgIpc) is 3.43. The maximum Gasteiger partial charge on any atom is 0.243 e. The first-order chi connectivity index (χ1) is 22.3. The molecule has 0 saturated heterocycles. The minimum Gasteiger partial charge on any atom is -0.361 e. The second-order valence-electron chi connectivity index (χ2n) is 11.4. The van der Waals surface area contributed by atoms with Crippen LogP contribution >= 0.6 is 0 Å². The second kappa shape index (κ2) is 20.6. The van der Waals surface area contributed by atoms with Crippen LogP contribution in [0, 0.1) is 0 Å². The SMILES string of the molecule is C[C@H](NCNC(=O)[C@@H](C)NC(=O)Cc1c[nH]c2ccccc12)C(=O)CN[C@@H](CCCNC(N)N)C(=O)C(=O)[C@@H](N)CCCNC(N)N. The van der Waals surface area contributed by atoms with E-state index in [1.54, 1.807) is 20.0 Å². The highest BCUT2D eigenvalue weighted by Gasteiger charge is 2.29. The van der Waals surface area contributed by atoms with Gasteiger partial charge in [-0.1, -0.05) is 18.2 Å². The molecule has 1 aromatic carbocycles. The highest BCUT2D eigenvalue weighted by atomic mass is 16.2. The lowest BCUT2D eigenvalue weighted by Crippen LogP contribution is -2.52. The number of hydrogen-bond acceptors (Lipinski definition) is 14. The second-order valence-corrected chi connectivity index (χ2v) is 11.4. The molecule has 0 unspecified atom stereocenters. The van der Waals surface area contributed by atoms with Crippen molar-refractivity contribution in [1.82, 2.24) is 36.9 Å². The molecule has 2 aromatic rings. The summed E-state index contributed by atoms with van der Waals surface area (Å²) in [5, 5.41) is 17.7. The predicted octanol–water partition coefficient (Wildman–Crippen LogP) is -3.60. The molecule has 0 aliphatic heterocycles. The van der Waals surface area contributed by atoms with Gasteiger partial charge in [0.05, 0.1) is 37.8 Å². The molecule has 17 heteroatoms. The molecule has 0 aliphatic rings. The summed E-state index contributed by atoms with van der Waals surface area (Å²) < 4.78 is 0. The molecule has 47 heavy (non-hydrogen) atoms. The Labute approximate surface area is 274 Å². The van der Waals surface area contributed by atoms with E-state index in [9.17, 15) is 24.0 Å². The third-order valence-corrected chi connectivity index (χ3v) is 7.49. The van der Waals surface area contributed by atoms with Crippen LogP contribution < -0.4 is 60.6 Å². The number of Topliss-reactive ketones (excluding diaryl/α,β-unsaturated/α-hetero) is 3. The molecule has 262 valence electrons. The summed E-state index contributed by atoms with van der Waals surface area (Å²) in [4.78, 5) is 66.9. The van der Waals surface area contributed by atoms with E-state index in [-0.39, 0.29) is 44.2 Å². The molecule has 1 heterocycles. The third kappa shape index (κ3) is 14.3. The largest absolute Gasteiger partial charge is 0.361 e. The molecule has 0 aliphatic carbocycles. The van der Waals surface area contributed by atoms with Gasteiger partial charge in [0.2, 0.25) is 23.4 Å². The quantitative estimate of drug-likeness (QED) is 0.0294. The zero-order valence-electron chi connectivity index (χ0n) is 27.1. The number of carbonyl (C=O) groups excluding carboxylic acids is 5. The average molecular weight is 661 g/mol. The number of aromatic nitrogens is 1. The number of ketones is 3. The van der Waals surface area contributed by atoms with Gasteiger partial charge in [-0.2, -0.15) is 0 Å². The lowest BCUT2D eigenvalue weighted by atomic mass is 9.96. The standard InChI is InChI=1S/C30H52N12O5/c1-17(40-16-41-28(47)18(2)42-25(44)13-19-14-38-22-9-4-3-7-20(19)22)24(43)15-39-23(10-6-12-37-30(34)35)27(46)26(45)21(31)8-5-11-36-29(32)33/h3-4,7,9,14,17-18,21,23,29-30,36-40H,5-6,8,10-13,15-16,31-35H2,1-2H3,(H,41,47)(H,42,44)/t17-,18+,21-,23-/m0/s1. The number of amides is 2. The van der Waals surface area contributed by atoms with Crippen molar-refractivity contribution in [2.24, 2.45) is 28.7 Å². The minimum atomic E-state index is -1.02. The number of carbonyl (C=O) groups is 5. The fraction of sp³-hybridized carbons (Fsp3) is 0.567. The first-order valence-corrected chi connectivity index (χ1v) is 15.7. The molecule has 4 atom stereocenters. The maximum atomic E-state index is 13.0. The fourth-order valence-corrected chi connectivity index (χ4v) is 4.72. The first-order valence-electron chi connectivity index (χ1n) is 15.7. The van der Waals surface area contributed by atoms with Crippen LogP contribution in [0.3, 0.4) is 0 Å². The Balaban J connectivity index is 1.80. The van der Waals surface area contributed by atoms with Crippen LogP contribution in [0.15, 0.2) is 30.5 Å². The Kier molecular flexibility index (Phi) is 17.3. The van der Waals surface area contributed by atoms with E-state index >= 15 is 0 Å². The number of aromatic amines is 1. The van der Waals surface area contributed by atoms with Gasteiger partial charge < -0.3 is 49.6 Å².